The maximum Gasteiger partial charge on any atom is 0.0900 e. The number of hydrogen-bond donors (Lipinski definition) is 1. The number of rotatable bonds is 7. The maximum atomic E-state index is 9.91. The number of aliphatic hydroxyl groups excluding tert-OH is 1. The Kier molecular flexibility index (Phi) is 5.26. The molecular weight excluding hydrogens is 214 g/mol. The van der Waals surface area contributed by atoms with Crippen LogP contribution >= 0.6 is 0 Å². The Morgan fingerprint density at radius 2 is 2.00 bits per heavy atom. The number of unbranched alkanes of at least 4 members (excludes halogenated alkanes) is 1. The number of likely N-dealkylation sites (tertiary alicyclic amines) is 1. The largest absolute Gasteiger partial charge is 0.389 e. The highest BCUT2D eigenvalue weighted by atomic mass is 16.5. The first-order valence-corrected chi connectivity index (χ1v) is 7.27. The third-order valence-corrected chi connectivity index (χ3v) is 4.22. The first-order chi connectivity index (χ1) is 8.29. The molecule has 0 amide bonds. The lowest BCUT2D eigenvalue weighted by Crippen LogP contribution is -2.34. The Balaban J connectivity index is 1.58. The molecule has 3 atom stereocenters. The van der Waals surface area contributed by atoms with Crippen LogP contribution in [0.5, 0.6) is 0 Å². The van der Waals surface area contributed by atoms with Crippen molar-refractivity contribution in [2.75, 3.05) is 32.8 Å². The van der Waals surface area contributed by atoms with Gasteiger partial charge in [-0.15, -0.1) is 0 Å². The molecule has 0 spiro atoms. The van der Waals surface area contributed by atoms with Crippen molar-refractivity contribution in [3.8, 4) is 0 Å². The summed E-state index contributed by atoms with van der Waals surface area (Å²) in [7, 11) is 0. The number of hydrogen-bond acceptors (Lipinski definition) is 3. The van der Waals surface area contributed by atoms with Gasteiger partial charge >= 0.3 is 0 Å². The second kappa shape index (κ2) is 6.72. The van der Waals surface area contributed by atoms with E-state index in [0.29, 0.717) is 6.61 Å². The summed E-state index contributed by atoms with van der Waals surface area (Å²) in [5, 5.41) is 9.91. The van der Waals surface area contributed by atoms with Gasteiger partial charge in [0.25, 0.3) is 0 Å². The van der Waals surface area contributed by atoms with Gasteiger partial charge < -0.3 is 14.7 Å². The average molecular weight is 241 g/mol. The number of β-amino-alcohol motifs (C(OH)–C–C–N with tert-alkyl or cyclic N) is 1. The molecule has 0 bridgehead atoms. The van der Waals surface area contributed by atoms with E-state index in [1.165, 1.54) is 32.4 Å². The molecule has 0 aromatic rings. The molecule has 3 unspecified atom stereocenters. The van der Waals surface area contributed by atoms with Crippen molar-refractivity contribution >= 4 is 0 Å². The lowest BCUT2D eigenvalue weighted by molar-refractivity contribution is 0.0184. The van der Waals surface area contributed by atoms with Crippen molar-refractivity contribution in [3.63, 3.8) is 0 Å². The van der Waals surface area contributed by atoms with Crippen molar-refractivity contribution in [3.05, 3.63) is 0 Å². The molecule has 1 saturated carbocycles. The zero-order valence-corrected chi connectivity index (χ0v) is 11.1. The molecule has 2 rings (SSSR count). The van der Waals surface area contributed by atoms with Crippen LogP contribution in [-0.4, -0.2) is 49.0 Å². The quantitative estimate of drug-likeness (QED) is 0.691. The van der Waals surface area contributed by atoms with Crippen LogP contribution in [0.2, 0.25) is 0 Å². The van der Waals surface area contributed by atoms with Crippen LogP contribution in [0.25, 0.3) is 0 Å². The molecule has 3 heteroatoms. The molecule has 1 saturated heterocycles. The van der Waals surface area contributed by atoms with Crippen LogP contribution < -0.4 is 0 Å². The van der Waals surface area contributed by atoms with E-state index in [9.17, 15) is 5.11 Å². The molecule has 0 aromatic heterocycles. The normalized spacial score (nSPS) is 30.7. The molecule has 100 valence electrons. The van der Waals surface area contributed by atoms with Crippen molar-refractivity contribution in [2.24, 2.45) is 11.8 Å². The Morgan fingerprint density at radius 3 is 2.65 bits per heavy atom. The van der Waals surface area contributed by atoms with Gasteiger partial charge in [-0.25, -0.2) is 0 Å². The summed E-state index contributed by atoms with van der Waals surface area (Å²) in [4.78, 5) is 2.43. The van der Waals surface area contributed by atoms with E-state index in [0.717, 1.165) is 37.8 Å². The van der Waals surface area contributed by atoms with Gasteiger partial charge in [-0.3, -0.25) is 0 Å². The van der Waals surface area contributed by atoms with Gasteiger partial charge in [0.2, 0.25) is 0 Å². The van der Waals surface area contributed by atoms with Crippen molar-refractivity contribution in [1.29, 1.82) is 0 Å². The fourth-order valence-corrected chi connectivity index (χ4v) is 3.30. The lowest BCUT2D eigenvalue weighted by Gasteiger charge is -2.20. The van der Waals surface area contributed by atoms with E-state index in [-0.39, 0.29) is 6.10 Å². The molecule has 1 N–H and O–H groups in total. The van der Waals surface area contributed by atoms with Gasteiger partial charge in [-0.05, 0) is 31.1 Å². The highest BCUT2D eigenvalue weighted by molar-refractivity contribution is 4.89. The molecule has 0 aromatic carbocycles. The highest BCUT2D eigenvalue weighted by Gasteiger charge is 2.36. The Hall–Kier alpha value is -0.120. The monoisotopic (exact) mass is 241 g/mol. The van der Waals surface area contributed by atoms with E-state index in [4.69, 9.17) is 4.74 Å². The number of fused-ring (bicyclic) bond motifs is 1. The molecule has 0 radical (unpaired) electrons. The van der Waals surface area contributed by atoms with Crippen LogP contribution in [0.1, 0.15) is 39.0 Å². The summed E-state index contributed by atoms with van der Waals surface area (Å²) in [5.74, 6) is 1.84. The Labute approximate surface area is 105 Å². The SMILES string of the molecule is CCCCOCC(O)CN1CC2CCCC2C1. The minimum absolute atomic E-state index is 0.300. The molecule has 17 heavy (non-hydrogen) atoms. The summed E-state index contributed by atoms with van der Waals surface area (Å²) >= 11 is 0. The molecule has 3 nitrogen and oxygen atoms in total. The zero-order valence-electron chi connectivity index (χ0n) is 11.1. The maximum absolute atomic E-state index is 9.91. The van der Waals surface area contributed by atoms with Crippen molar-refractivity contribution in [2.45, 2.75) is 45.1 Å². The third kappa shape index (κ3) is 3.94. The van der Waals surface area contributed by atoms with E-state index in [1.807, 2.05) is 0 Å². The number of ether oxygens (including phenoxy) is 1. The standard InChI is InChI=1S/C14H27NO2/c1-2-3-7-17-11-14(16)10-15-8-12-5-4-6-13(12)9-15/h12-14,16H,2-11H2,1H3. The van der Waals surface area contributed by atoms with Crippen LogP contribution in [-0.2, 0) is 4.74 Å². The number of nitrogens with zero attached hydrogens (tertiary/aromatic N) is 1. The van der Waals surface area contributed by atoms with E-state index in [2.05, 4.69) is 11.8 Å². The van der Waals surface area contributed by atoms with E-state index >= 15 is 0 Å². The van der Waals surface area contributed by atoms with E-state index in [1.54, 1.807) is 0 Å². The summed E-state index contributed by atoms with van der Waals surface area (Å²) in [5.41, 5.74) is 0. The fraction of sp³-hybridized carbons (Fsp3) is 1.00. The van der Waals surface area contributed by atoms with E-state index < -0.39 is 0 Å². The molecule has 1 heterocycles. The van der Waals surface area contributed by atoms with Crippen LogP contribution in [0.4, 0.5) is 0 Å². The molecule has 2 fully saturated rings. The topological polar surface area (TPSA) is 32.7 Å². The van der Waals surface area contributed by atoms with Gasteiger partial charge in [-0.1, -0.05) is 19.8 Å². The van der Waals surface area contributed by atoms with Gasteiger partial charge in [0.1, 0.15) is 0 Å². The first-order valence-electron chi connectivity index (χ1n) is 7.27. The second-order valence-electron chi connectivity index (χ2n) is 5.75. The van der Waals surface area contributed by atoms with Gasteiger partial charge in [0.15, 0.2) is 0 Å². The Morgan fingerprint density at radius 1 is 1.29 bits per heavy atom. The molecule has 2 aliphatic rings. The van der Waals surface area contributed by atoms with Crippen molar-refractivity contribution < 1.29 is 9.84 Å². The summed E-state index contributed by atoms with van der Waals surface area (Å²) in [6.45, 7) is 6.67. The zero-order chi connectivity index (χ0) is 12.1. The Bertz CT molecular complexity index is 210. The van der Waals surface area contributed by atoms with Crippen molar-refractivity contribution in [1.82, 2.24) is 4.90 Å². The summed E-state index contributed by atoms with van der Waals surface area (Å²) < 4.78 is 5.46. The second-order valence-corrected chi connectivity index (χ2v) is 5.75. The first kappa shape index (κ1) is 13.3. The summed E-state index contributed by atoms with van der Waals surface area (Å²) in [6, 6.07) is 0. The lowest BCUT2D eigenvalue weighted by atomic mass is 10.0. The molecular formula is C14H27NO2. The predicted octanol–water partition coefficient (Wildman–Crippen LogP) is 1.90. The summed E-state index contributed by atoms with van der Waals surface area (Å²) in [6.07, 6.45) is 6.19. The number of aliphatic hydroxyl groups is 1. The van der Waals surface area contributed by atoms with Gasteiger partial charge in [0, 0.05) is 26.2 Å². The van der Waals surface area contributed by atoms with Gasteiger partial charge in [0.05, 0.1) is 12.7 Å². The van der Waals surface area contributed by atoms with Crippen LogP contribution in [0.15, 0.2) is 0 Å². The predicted molar refractivity (Wildman–Crippen MR) is 69.0 cm³/mol. The molecule has 1 aliphatic heterocycles. The highest BCUT2D eigenvalue weighted by Crippen LogP contribution is 2.37. The molecule has 1 aliphatic carbocycles. The smallest absolute Gasteiger partial charge is 0.0900 e. The minimum Gasteiger partial charge on any atom is -0.389 e. The average Bonchev–Trinajstić information content (AvgIpc) is 2.84. The fourth-order valence-electron chi connectivity index (χ4n) is 3.30. The third-order valence-electron chi connectivity index (χ3n) is 4.22. The van der Waals surface area contributed by atoms with Crippen LogP contribution in [0.3, 0.4) is 0 Å². The van der Waals surface area contributed by atoms with Crippen LogP contribution in [0, 0.1) is 11.8 Å². The minimum atomic E-state index is -0.300. The van der Waals surface area contributed by atoms with Gasteiger partial charge in [-0.2, -0.15) is 0 Å².